The number of nitrogens with zero attached hydrogens (tertiary/aromatic N) is 1. The second-order valence-electron chi connectivity index (χ2n) is 6.61. The maximum atomic E-state index is 14.0. The van der Waals surface area contributed by atoms with Gasteiger partial charge in [0.05, 0.1) is 6.54 Å². The molecule has 0 spiro atoms. The molecule has 26 heavy (non-hydrogen) atoms. The third-order valence-corrected chi connectivity index (χ3v) is 4.88. The van der Waals surface area contributed by atoms with Crippen molar-refractivity contribution in [3.8, 4) is 0 Å². The lowest BCUT2D eigenvalue weighted by atomic mass is 9.99. The van der Waals surface area contributed by atoms with E-state index in [0.717, 1.165) is 19.3 Å². The SMILES string of the molecule is Cl.N[C@@H]1CCC[C@H]1CC(=O)N(Cc1ccccc1F)c1ccc(F)cc1. The van der Waals surface area contributed by atoms with Gasteiger partial charge in [-0.2, -0.15) is 0 Å². The summed E-state index contributed by atoms with van der Waals surface area (Å²) in [5, 5.41) is 0. The average molecular weight is 381 g/mol. The molecule has 2 aromatic carbocycles. The molecule has 0 saturated heterocycles. The molecule has 2 N–H and O–H groups in total. The van der Waals surface area contributed by atoms with E-state index in [2.05, 4.69) is 0 Å². The second-order valence-corrected chi connectivity index (χ2v) is 6.61. The number of halogens is 3. The molecule has 2 atom stereocenters. The predicted octanol–water partition coefficient (Wildman–Crippen LogP) is 4.44. The van der Waals surface area contributed by atoms with E-state index in [1.54, 1.807) is 30.3 Å². The minimum atomic E-state index is -0.375. The molecule has 3 nitrogen and oxygen atoms in total. The molecule has 0 heterocycles. The van der Waals surface area contributed by atoms with E-state index >= 15 is 0 Å². The summed E-state index contributed by atoms with van der Waals surface area (Å²) in [4.78, 5) is 14.4. The van der Waals surface area contributed by atoms with Crippen molar-refractivity contribution < 1.29 is 13.6 Å². The Hall–Kier alpha value is -1.98. The van der Waals surface area contributed by atoms with E-state index in [0.29, 0.717) is 17.7 Å². The number of carbonyl (C=O) groups is 1. The lowest BCUT2D eigenvalue weighted by Crippen LogP contribution is -2.35. The Balaban J connectivity index is 0.00000243. The van der Waals surface area contributed by atoms with Crippen molar-refractivity contribution in [3.05, 3.63) is 65.7 Å². The molecule has 3 rings (SSSR count). The van der Waals surface area contributed by atoms with Crippen LogP contribution in [0, 0.1) is 17.6 Å². The fraction of sp³-hybridized carbons (Fsp3) is 0.350. The smallest absolute Gasteiger partial charge is 0.227 e. The van der Waals surface area contributed by atoms with Crippen molar-refractivity contribution in [3.63, 3.8) is 0 Å². The van der Waals surface area contributed by atoms with Crippen LogP contribution in [0.3, 0.4) is 0 Å². The summed E-state index contributed by atoms with van der Waals surface area (Å²) < 4.78 is 27.3. The van der Waals surface area contributed by atoms with Gasteiger partial charge in [-0.1, -0.05) is 24.6 Å². The molecular formula is C20H23ClF2N2O. The van der Waals surface area contributed by atoms with Crippen molar-refractivity contribution in [1.29, 1.82) is 0 Å². The van der Waals surface area contributed by atoms with E-state index in [1.807, 2.05) is 0 Å². The zero-order valence-corrected chi connectivity index (χ0v) is 15.2. The summed E-state index contributed by atoms with van der Waals surface area (Å²) in [6.45, 7) is 0.110. The highest BCUT2D eigenvalue weighted by atomic mass is 35.5. The van der Waals surface area contributed by atoms with Crippen LogP contribution in [-0.4, -0.2) is 11.9 Å². The minimum absolute atomic E-state index is 0. The molecule has 0 unspecified atom stereocenters. The normalized spacial score (nSPS) is 19.0. The van der Waals surface area contributed by atoms with Gasteiger partial charge in [0.2, 0.25) is 5.91 Å². The maximum absolute atomic E-state index is 14.0. The van der Waals surface area contributed by atoms with Gasteiger partial charge in [0.1, 0.15) is 11.6 Å². The average Bonchev–Trinajstić information content (AvgIpc) is 3.00. The van der Waals surface area contributed by atoms with Gasteiger partial charge in [0.15, 0.2) is 0 Å². The van der Waals surface area contributed by atoms with Gasteiger partial charge in [-0.15, -0.1) is 12.4 Å². The molecule has 2 aromatic rings. The lowest BCUT2D eigenvalue weighted by Gasteiger charge is -2.26. The van der Waals surface area contributed by atoms with Crippen molar-refractivity contribution in [1.82, 2.24) is 0 Å². The van der Waals surface area contributed by atoms with Crippen LogP contribution < -0.4 is 10.6 Å². The molecule has 1 aliphatic carbocycles. The Morgan fingerprint density at radius 2 is 1.77 bits per heavy atom. The van der Waals surface area contributed by atoms with Crippen LogP contribution in [0.5, 0.6) is 0 Å². The summed E-state index contributed by atoms with van der Waals surface area (Å²) >= 11 is 0. The number of anilines is 1. The van der Waals surface area contributed by atoms with Gasteiger partial charge in [0.25, 0.3) is 0 Å². The first-order valence-corrected chi connectivity index (χ1v) is 8.59. The quantitative estimate of drug-likeness (QED) is 0.833. The number of hydrogen-bond acceptors (Lipinski definition) is 2. The van der Waals surface area contributed by atoms with E-state index in [-0.39, 0.29) is 48.5 Å². The molecule has 1 saturated carbocycles. The number of rotatable bonds is 5. The van der Waals surface area contributed by atoms with Gasteiger partial charge in [-0.05, 0) is 49.1 Å². The number of benzene rings is 2. The molecule has 1 aliphatic rings. The van der Waals surface area contributed by atoms with Crippen LogP contribution in [-0.2, 0) is 11.3 Å². The Morgan fingerprint density at radius 3 is 2.38 bits per heavy atom. The molecule has 1 fully saturated rings. The van der Waals surface area contributed by atoms with Crippen LogP contribution in [0.2, 0.25) is 0 Å². The minimum Gasteiger partial charge on any atom is -0.327 e. The van der Waals surface area contributed by atoms with Gasteiger partial charge >= 0.3 is 0 Å². The van der Waals surface area contributed by atoms with Crippen LogP contribution in [0.25, 0.3) is 0 Å². The summed E-state index contributed by atoms with van der Waals surface area (Å²) in [5.41, 5.74) is 7.07. The largest absolute Gasteiger partial charge is 0.327 e. The second kappa shape index (κ2) is 9.10. The highest BCUT2D eigenvalue weighted by Crippen LogP contribution is 2.29. The zero-order valence-electron chi connectivity index (χ0n) is 14.4. The van der Waals surface area contributed by atoms with Crippen molar-refractivity contribution >= 4 is 24.0 Å². The monoisotopic (exact) mass is 380 g/mol. The maximum Gasteiger partial charge on any atom is 0.227 e. The number of amides is 1. The predicted molar refractivity (Wildman–Crippen MR) is 101 cm³/mol. The van der Waals surface area contributed by atoms with Gasteiger partial charge in [0, 0.05) is 23.7 Å². The van der Waals surface area contributed by atoms with Crippen LogP contribution in [0.4, 0.5) is 14.5 Å². The molecule has 0 aromatic heterocycles. The first kappa shape index (κ1) is 20.3. The first-order valence-electron chi connectivity index (χ1n) is 8.59. The Labute approximate surface area is 158 Å². The lowest BCUT2D eigenvalue weighted by molar-refractivity contribution is -0.119. The summed E-state index contributed by atoms with van der Waals surface area (Å²) in [7, 11) is 0. The van der Waals surface area contributed by atoms with Crippen LogP contribution >= 0.6 is 12.4 Å². The topological polar surface area (TPSA) is 46.3 Å². The highest BCUT2D eigenvalue weighted by molar-refractivity contribution is 5.93. The summed E-state index contributed by atoms with van der Waals surface area (Å²) in [6, 6.07) is 12.1. The number of carbonyl (C=O) groups excluding carboxylic acids is 1. The summed E-state index contributed by atoms with van der Waals surface area (Å²) in [5.74, 6) is -0.701. The Bertz CT molecular complexity index is 739. The molecule has 6 heteroatoms. The van der Waals surface area contributed by atoms with Gasteiger partial charge in [-0.3, -0.25) is 4.79 Å². The molecule has 140 valence electrons. The zero-order chi connectivity index (χ0) is 17.8. The van der Waals surface area contributed by atoms with E-state index in [4.69, 9.17) is 5.73 Å². The Kier molecular flexibility index (Phi) is 7.12. The first-order chi connectivity index (χ1) is 12.0. The number of hydrogen-bond donors (Lipinski definition) is 1. The standard InChI is InChI=1S/C20H22F2N2O.ClH/c21-16-8-10-17(11-9-16)24(13-15-4-1-2-6-18(15)22)20(25)12-14-5-3-7-19(14)23;/h1-2,4,6,8-11,14,19H,3,5,7,12-13,23H2;1H/t14-,19+;/m0./s1. The fourth-order valence-corrected chi connectivity index (χ4v) is 3.39. The van der Waals surface area contributed by atoms with Gasteiger partial charge < -0.3 is 10.6 Å². The fourth-order valence-electron chi connectivity index (χ4n) is 3.39. The van der Waals surface area contributed by atoms with E-state index in [9.17, 15) is 13.6 Å². The number of nitrogens with two attached hydrogens (primary N) is 1. The molecule has 0 bridgehead atoms. The highest BCUT2D eigenvalue weighted by Gasteiger charge is 2.28. The third kappa shape index (κ3) is 4.80. The summed E-state index contributed by atoms with van der Waals surface area (Å²) in [6.07, 6.45) is 3.22. The van der Waals surface area contributed by atoms with Crippen molar-refractivity contribution in [2.75, 3.05) is 4.90 Å². The molecule has 1 amide bonds. The van der Waals surface area contributed by atoms with Crippen molar-refractivity contribution in [2.24, 2.45) is 11.7 Å². The molecule has 0 aliphatic heterocycles. The Morgan fingerprint density at radius 1 is 1.08 bits per heavy atom. The van der Waals surface area contributed by atoms with Crippen LogP contribution in [0.1, 0.15) is 31.2 Å². The van der Waals surface area contributed by atoms with E-state index < -0.39 is 0 Å². The molecular weight excluding hydrogens is 358 g/mol. The molecule has 0 radical (unpaired) electrons. The van der Waals surface area contributed by atoms with E-state index in [1.165, 1.54) is 23.1 Å². The van der Waals surface area contributed by atoms with Crippen molar-refractivity contribution in [2.45, 2.75) is 38.3 Å². The third-order valence-electron chi connectivity index (χ3n) is 4.88. The van der Waals surface area contributed by atoms with Gasteiger partial charge in [-0.25, -0.2) is 8.78 Å². The van der Waals surface area contributed by atoms with Crippen LogP contribution in [0.15, 0.2) is 48.5 Å².